The zero-order chi connectivity index (χ0) is 26.3. The summed E-state index contributed by atoms with van der Waals surface area (Å²) in [4.78, 5) is 27.6. The standard InChI is InChI=1S/C26H28ClN3O5S/c1-19(26(32)28-2)29(17-20-10-9-11-21(27)16-20)25(31)18-30(23-14-7-8-15-24(23)35-3)36(33,34)22-12-5-4-6-13-22/h4-16,19H,17-18H2,1-3H3,(H,28,32)/t19-/m0/s1. The molecule has 0 aromatic heterocycles. The Morgan fingerprint density at radius 1 is 1.00 bits per heavy atom. The Labute approximate surface area is 216 Å². The number of carbonyl (C=O) groups is 2. The Morgan fingerprint density at radius 3 is 2.31 bits per heavy atom. The van der Waals surface area contributed by atoms with Gasteiger partial charge in [-0.15, -0.1) is 0 Å². The van der Waals surface area contributed by atoms with E-state index < -0.39 is 28.5 Å². The van der Waals surface area contributed by atoms with Crippen LogP contribution in [0.3, 0.4) is 0 Å². The molecule has 0 unspecified atom stereocenters. The first-order valence-electron chi connectivity index (χ1n) is 11.2. The normalized spacial score (nSPS) is 11.9. The summed E-state index contributed by atoms with van der Waals surface area (Å²) < 4.78 is 33.9. The number of rotatable bonds is 10. The summed E-state index contributed by atoms with van der Waals surface area (Å²) in [6, 6.07) is 20.4. The molecule has 0 aliphatic rings. The Morgan fingerprint density at radius 2 is 1.67 bits per heavy atom. The van der Waals surface area contributed by atoms with Crippen LogP contribution in [0, 0.1) is 0 Å². The van der Waals surface area contributed by atoms with Crippen molar-refractivity contribution in [3.8, 4) is 5.75 Å². The highest BCUT2D eigenvalue weighted by molar-refractivity contribution is 7.92. The fourth-order valence-electron chi connectivity index (χ4n) is 3.69. The van der Waals surface area contributed by atoms with Crippen molar-refractivity contribution in [2.75, 3.05) is 25.0 Å². The van der Waals surface area contributed by atoms with E-state index in [1.807, 2.05) is 0 Å². The maximum atomic E-state index is 13.7. The zero-order valence-electron chi connectivity index (χ0n) is 20.2. The molecule has 10 heteroatoms. The number of ether oxygens (including phenoxy) is 1. The van der Waals surface area contributed by atoms with Crippen LogP contribution in [0.2, 0.25) is 5.02 Å². The lowest BCUT2D eigenvalue weighted by molar-refractivity contribution is -0.139. The number of carbonyl (C=O) groups excluding carboxylic acids is 2. The highest BCUT2D eigenvalue weighted by Crippen LogP contribution is 2.32. The predicted octanol–water partition coefficient (Wildman–Crippen LogP) is 3.71. The quantitative estimate of drug-likeness (QED) is 0.432. The van der Waals surface area contributed by atoms with E-state index in [0.717, 1.165) is 4.31 Å². The molecular formula is C26H28ClN3O5S. The van der Waals surface area contributed by atoms with Crippen LogP contribution in [0.1, 0.15) is 12.5 Å². The first-order valence-corrected chi connectivity index (χ1v) is 13.0. The van der Waals surface area contributed by atoms with E-state index in [1.165, 1.54) is 31.2 Å². The topological polar surface area (TPSA) is 96.0 Å². The van der Waals surface area contributed by atoms with Gasteiger partial charge in [0.25, 0.3) is 10.0 Å². The van der Waals surface area contributed by atoms with Crippen molar-refractivity contribution in [1.82, 2.24) is 10.2 Å². The Bertz CT molecular complexity index is 1320. The SMILES string of the molecule is CNC(=O)[C@H](C)N(Cc1cccc(Cl)c1)C(=O)CN(c1ccccc1OC)S(=O)(=O)c1ccccc1. The monoisotopic (exact) mass is 529 g/mol. The van der Waals surface area contributed by atoms with Crippen molar-refractivity contribution in [2.24, 2.45) is 0 Å². The van der Waals surface area contributed by atoms with Crippen molar-refractivity contribution < 1.29 is 22.7 Å². The van der Waals surface area contributed by atoms with E-state index in [4.69, 9.17) is 16.3 Å². The van der Waals surface area contributed by atoms with Gasteiger partial charge in [-0.05, 0) is 48.9 Å². The lowest BCUT2D eigenvalue weighted by Crippen LogP contribution is -2.50. The second-order valence-electron chi connectivity index (χ2n) is 7.94. The molecule has 36 heavy (non-hydrogen) atoms. The predicted molar refractivity (Wildman–Crippen MR) is 139 cm³/mol. The number of amides is 2. The van der Waals surface area contributed by atoms with Crippen molar-refractivity contribution in [1.29, 1.82) is 0 Å². The highest BCUT2D eigenvalue weighted by Gasteiger charge is 2.33. The summed E-state index contributed by atoms with van der Waals surface area (Å²) in [6.45, 7) is 1.08. The van der Waals surface area contributed by atoms with Crippen molar-refractivity contribution in [3.05, 3.63) is 89.4 Å². The van der Waals surface area contributed by atoms with Crippen LogP contribution in [0.4, 0.5) is 5.69 Å². The number of methoxy groups -OCH3 is 1. The molecule has 0 bridgehead atoms. The molecule has 8 nitrogen and oxygen atoms in total. The minimum absolute atomic E-state index is 0.0180. The third-order valence-electron chi connectivity index (χ3n) is 5.62. The molecule has 1 N–H and O–H groups in total. The lowest BCUT2D eigenvalue weighted by atomic mass is 10.1. The molecule has 3 aromatic rings. The summed E-state index contributed by atoms with van der Waals surface area (Å²) in [5, 5.41) is 3.03. The van der Waals surface area contributed by atoms with Gasteiger partial charge in [0.2, 0.25) is 11.8 Å². The van der Waals surface area contributed by atoms with Crippen LogP contribution in [0.5, 0.6) is 5.75 Å². The zero-order valence-corrected chi connectivity index (χ0v) is 21.8. The summed E-state index contributed by atoms with van der Waals surface area (Å²) in [7, 11) is -1.26. The van der Waals surface area contributed by atoms with Gasteiger partial charge in [-0.25, -0.2) is 8.42 Å². The first kappa shape index (κ1) is 27.0. The molecule has 0 aliphatic carbocycles. The number of halogens is 1. The smallest absolute Gasteiger partial charge is 0.264 e. The van der Waals surface area contributed by atoms with Gasteiger partial charge >= 0.3 is 0 Å². The number of sulfonamides is 1. The number of nitrogens with zero attached hydrogens (tertiary/aromatic N) is 2. The Kier molecular flexibility index (Phi) is 8.95. The van der Waals surface area contributed by atoms with Crippen molar-refractivity contribution >= 4 is 39.1 Å². The number of para-hydroxylation sites is 2. The van der Waals surface area contributed by atoms with Crippen LogP contribution in [-0.4, -0.2) is 51.9 Å². The van der Waals surface area contributed by atoms with Gasteiger partial charge in [0.05, 0.1) is 17.7 Å². The maximum absolute atomic E-state index is 13.7. The van der Waals surface area contributed by atoms with Gasteiger partial charge in [0, 0.05) is 18.6 Å². The van der Waals surface area contributed by atoms with Crippen molar-refractivity contribution in [2.45, 2.75) is 24.4 Å². The third kappa shape index (κ3) is 6.16. The third-order valence-corrected chi connectivity index (χ3v) is 7.63. The summed E-state index contributed by atoms with van der Waals surface area (Å²) in [5.41, 5.74) is 0.897. The summed E-state index contributed by atoms with van der Waals surface area (Å²) in [6.07, 6.45) is 0. The summed E-state index contributed by atoms with van der Waals surface area (Å²) in [5.74, 6) is -0.679. The fourth-order valence-corrected chi connectivity index (χ4v) is 5.35. The van der Waals surface area contributed by atoms with Gasteiger partial charge in [-0.2, -0.15) is 0 Å². The van der Waals surface area contributed by atoms with Crippen molar-refractivity contribution in [3.63, 3.8) is 0 Å². The average Bonchev–Trinajstić information content (AvgIpc) is 2.89. The second-order valence-corrected chi connectivity index (χ2v) is 10.2. The molecule has 0 aliphatic heterocycles. The molecule has 0 radical (unpaired) electrons. The van der Waals surface area contributed by atoms with E-state index >= 15 is 0 Å². The summed E-state index contributed by atoms with van der Waals surface area (Å²) >= 11 is 6.12. The highest BCUT2D eigenvalue weighted by atomic mass is 35.5. The minimum atomic E-state index is -4.16. The molecule has 1 atom stereocenters. The molecule has 0 spiro atoms. The number of nitrogens with one attached hydrogen (secondary N) is 1. The number of hydrogen-bond acceptors (Lipinski definition) is 5. The number of benzene rings is 3. The lowest BCUT2D eigenvalue weighted by Gasteiger charge is -2.32. The molecule has 0 heterocycles. The number of anilines is 1. The average molecular weight is 530 g/mol. The number of likely N-dealkylation sites (N-methyl/N-ethyl adjacent to an activating group) is 1. The largest absolute Gasteiger partial charge is 0.495 e. The van der Waals surface area contributed by atoms with Crippen LogP contribution in [-0.2, 0) is 26.2 Å². The van der Waals surface area contributed by atoms with E-state index in [-0.39, 0.29) is 28.8 Å². The molecule has 3 aromatic carbocycles. The molecule has 190 valence electrons. The van der Waals surface area contributed by atoms with Gasteiger partial charge in [-0.3, -0.25) is 13.9 Å². The van der Waals surface area contributed by atoms with Crippen LogP contribution in [0.15, 0.2) is 83.8 Å². The van der Waals surface area contributed by atoms with E-state index in [2.05, 4.69) is 5.32 Å². The van der Waals surface area contributed by atoms with E-state index in [1.54, 1.807) is 73.7 Å². The van der Waals surface area contributed by atoms with Gasteiger partial charge in [0.15, 0.2) is 0 Å². The second kappa shape index (κ2) is 11.9. The molecule has 0 saturated heterocycles. The fraction of sp³-hybridized carbons (Fsp3) is 0.231. The van der Waals surface area contributed by atoms with Crippen LogP contribution in [0.25, 0.3) is 0 Å². The Hall–Kier alpha value is -3.56. The first-order chi connectivity index (χ1) is 17.2. The van der Waals surface area contributed by atoms with Crippen LogP contribution >= 0.6 is 11.6 Å². The van der Waals surface area contributed by atoms with Gasteiger partial charge in [0.1, 0.15) is 18.3 Å². The number of hydrogen-bond donors (Lipinski definition) is 1. The molecule has 0 fully saturated rings. The Balaban J connectivity index is 2.06. The molecule has 2 amide bonds. The minimum Gasteiger partial charge on any atom is -0.495 e. The molecule has 0 saturated carbocycles. The van der Waals surface area contributed by atoms with Gasteiger partial charge < -0.3 is 15.0 Å². The van der Waals surface area contributed by atoms with Crippen LogP contribution < -0.4 is 14.4 Å². The molecule has 3 rings (SSSR count). The molecular weight excluding hydrogens is 502 g/mol. The van der Waals surface area contributed by atoms with E-state index in [9.17, 15) is 18.0 Å². The maximum Gasteiger partial charge on any atom is 0.264 e. The van der Waals surface area contributed by atoms with Gasteiger partial charge in [-0.1, -0.05) is 54.1 Å². The van der Waals surface area contributed by atoms with E-state index in [0.29, 0.717) is 10.6 Å².